The summed E-state index contributed by atoms with van der Waals surface area (Å²) >= 11 is 0. The normalized spacial score (nSPS) is 14.0. The van der Waals surface area contributed by atoms with Crippen LogP contribution >= 0.6 is 0 Å². The molecule has 0 aliphatic rings. The van der Waals surface area contributed by atoms with E-state index in [4.69, 9.17) is 10.00 Å². The molecule has 5 nitrogen and oxygen atoms in total. The molecular weight excluding hydrogens is 275 g/mol. The number of aliphatic hydroxyl groups is 1. The van der Waals surface area contributed by atoms with Gasteiger partial charge in [0.25, 0.3) is 0 Å². The smallest absolute Gasteiger partial charge is 0.407 e. The number of alkyl carbamates (subject to hydrolysis) is 1. The van der Waals surface area contributed by atoms with Crippen molar-refractivity contribution >= 4 is 6.09 Å². The zero-order valence-corrected chi connectivity index (χ0v) is 12.5. The van der Waals surface area contributed by atoms with Crippen LogP contribution in [0.15, 0.2) is 18.2 Å². The van der Waals surface area contributed by atoms with Gasteiger partial charge in [-0.2, -0.15) is 5.26 Å². The van der Waals surface area contributed by atoms with E-state index in [9.17, 15) is 14.3 Å². The first kappa shape index (κ1) is 16.9. The standard InChI is InChI=1S/C15H19FN2O3/c1-9(18-14(20)21-15(2,3)4)13(19)10-5-6-11(8-17)12(16)7-10/h5-7,9,13,19H,1-4H3,(H,18,20)/t9-,13?/m0/s1. The Morgan fingerprint density at radius 3 is 2.57 bits per heavy atom. The monoisotopic (exact) mass is 294 g/mol. The lowest BCUT2D eigenvalue weighted by molar-refractivity contribution is 0.0435. The van der Waals surface area contributed by atoms with Gasteiger partial charge in [0, 0.05) is 0 Å². The SMILES string of the molecule is C[C@H](NC(=O)OC(C)(C)C)C(O)c1ccc(C#N)c(F)c1. The van der Waals surface area contributed by atoms with E-state index in [1.807, 2.05) is 0 Å². The topological polar surface area (TPSA) is 82.3 Å². The molecule has 0 aromatic heterocycles. The summed E-state index contributed by atoms with van der Waals surface area (Å²) in [6, 6.07) is 4.84. The van der Waals surface area contributed by atoms with Crippen LogP contribution in [0.25, 0.3) is 0 Å². The number of rotatable bonds is 3. The van der Waals surface area contributed by atoms with E-state index in [2.05, 4.69) is 5.32 Å². The first-order valence-corrected chi connectivity index (χ1v) is 6.51. The predicted molar refractivity (Wildman–Crippen MR) is 74.9 cm³/mol. The van der Waals surface area contributed by atoms with Crippen LogP contribution in [0.1, 0.15) is 44.9 Å². The van der Waals surface area contributed by atoms with Gasteiger partial charge in [-0.05, 0) is 45.4 Å². The maximum Gasteiger partial charge on any atom is 0.407 e. The van der Waals surface area contributed by atoms with Gasteiger partial charge in [-0.3, -0.25) is 0 Å². The van der Waals surface area contributed by atoms with Gasteiger partial charge in [0.2, 0.25) is 0 Å². The van der Waals surface area contributed by atoms with Crippen molar-refractivity contribution in [3.05, 3.63) is 35.1 Å². The number of halogens is 1. The van der Waals surface area contributed by atoms with Crippen LogP contribution in [0.2, 0.25) is 0 Å². The number of nitrogens with one attached hydrogen (secondary N) is 1. The minimum Gasteiger partial charge on any atom is -0.444 e. The Kier molecular flexibility index (Phi) is 5.28. The molecule has 114 valence electrons. The fourth-order valence-corrected chi connectivity index (χ4v) is 1.67. The molecule has 2 N–H and O–H groups in total. The fourth-order valence-electron chi connectivity index (χ4n) is 1.67. The summed E-state index contributed by atoms with van der Waals surface area (Å²) < 4.78 is 18.6. The van der Waals surface area contributed by atoms with E-state index in [0.29, 0.717) is 0 Å². The van der Waals surface area contributed by atoms with Gasteiger partial charge >= 0.3 is 6.09 Å². The lowest BCUT2D eigenvalue weighted by Gasteiger charge is -2.24. The number of nitriles is 1. The quantitative estimate of drug-likeness (QED) is 0.897. The molecule has 0 fully saturated rings. The maximum atomic E-state index is 13.5. The molecule has 0 spiro atoms. The van der Waals surface area contributed by atoms with Crippen LogP contribution in [-0.2, 0) is 4.74 Å². The Morgan fingerprint density at radius 2 is 2.10 bits per heavy atom. The first-order chi connectivity index (χ1) is 9.64. The third-order valence-electron chi connectivity index (χ3n) is 2.67. The highest BCUT2D eigenvalue weighted by Gasteiger charge is 2.23. The minimum atomic E-state index is -1.11. The lowest BCUT2D eigenvalue weighted by Crippen LogP contribution is -2.40. The number of nitrogens with zero attached hydrogens (tertiary/aromatic N) is 1. The number of hydrogen-bond acceptors (Lipinski definition) is 4. The lowest BCUT2D eigenvalue weighted by atomic mass is 10.0. The largest absolute Gasteiger partial charge is 0.444 e. The Balaban J connectivity index is 2.75. The predicted octanol–water partition coefficient (Wildman–Crippen LogP) is 2.64. The van der Waals surface area contributed by atoms with Crippen molar-refractivity contribution in [2.24, 2.45) is 0 Å². The van der Waals surface area contributed by atoms with Crippen LogP contribution in [0.5, 0.6) is 0 Å². The number of hydrogen-bond donors (Lipinski definition) is 2. The molecule has 2 atom stereocenters. The maximum absolute atomic E-state index is 13.5. The second-order valence-electron chi connectivity index (χ2n) is 5.73. The second kappa shape index (κ2) is 6.55. The van der Waals surface area contributed by atoms with Crippen molar-refractivity contribution in [3.63, 3.8) is 0 Å². The highest BCUT2D eigenvalue weighted by atomic mass is 19.1. The molecule has 0 bridgehead atoms. The van der Waals surface area contributed by atoms with Crippen LogP contribution in [0, 0.1) is 17.1 Å². The molecule has 6 heteroatoms. The third-order valence-corrected chi connectivity index (χ3v) is 2.67. The summed E-state index contributed by atoms with van der Waals surface area (Å²) in [5.74, 6) is -0.710. The van der Waals surface area contributed by atoms with Gasteiger partial charge in [-0.1, -0.05) is 6.07 Å². The minimum absolute atomic E-state index is 0.0984. The van der Waals surface area contributed by atoms with Crippen LogP contribution in [0.3, 0.4) is 0 Å². The number of benzene rings is 1. The van der Waals surface area contributed by atoms with Crippen LogP contribution in [0.4, 0.5) is 9.18 Å². The summed E-state index contributed by atoms with van der Waals surface area (Å²) in [5, 5.41) is 21.2. The van der Waals surface area contributed by atoms with Crippen molar-refractivity contribution in [2.45, 2.75) is 45.4 Å². The highest BCUT2D eigenvalue weighted by Crippen LogP contribution is 2.20. The molecular formula is C15H19FN2O3. The molecule has 21 heavy (non-hydrogen) atoms. The van der Waals surface area contributed by atoms with Gasteiger partial charge < -0.3 is 15.2 Å². The highest BCUT2D eigenvalue weighted by molar-refractivity contribution is 5.68. The molecule has 1 aromatic carbocycles. The zero-order valence-electron chi connectivity index (χ0n) is 12.5. The summed E-state index contributed by atoms with van der Waals surface area (Å²) in [7, 11) is 0. The van der Waals surface area contributed by atoms with Crippen molar-refractivity contribution < 1.29 is 19.0 Å². The molecule has 0 aliphatic carbocycles. The Morgan fingerprint density at radius 1 is 1.48 bits per heavy atom. The van der Waals surface area contributed by atoms with E-state index in [0.717, 1.165) is 6.07 Å². The van der Waals surface area contributed by atoms with E-state index in [1.165, 1.54) is 12.1 Å². The van der Waals surface area contributed by atoms with E-state index in [1.54, 1.807) is 33.8 Å². The number of carbonyl (C=O) groups is 1. The first-order valence-electron chi connectivity index (χ1n) is 6.51. The van der Waals surface area contributed by atoms with Crippen LogP contribution < -0.4 is 5.32 Å². The zero-order chi connectivity index (χ0) is 16.2. The molecule has 0 aliphatic heterocycles. The molecule has 0 saturated carbocycles. The van der Waals surface area contributed by atoms with Crippen molar-refractivity contribution in [1.29, 1.82) is 5.26 Å². The number of ether oxygens (including phenoxy) is 1. The van der Waals surface area contributed by atoms with Gasteiger partial charge in [-0.15, -0.1) is 0 Å². The summed E-state index contributed by atoms with van der Waals surface area (Å²) in [4.78, 5) is 11.6. The van der Waals surface area contributed by atoms with E-state index < -0.39 is 29.7 Å². The Bertz CT molecular complexity index is 561. The van der Waals surface area contributed by atoms with Gasteiger partial charge in [0.05, 0.1) is 17.7 Å². The molecule has 1 amide bonds. The van der Waals surface area contributed by atoms with E-state index >= 15 is 0 Å². The molecule has 0 saturated heterocycles. The summed E-state index contributed by atoms with van der Waals surface area (Å²) in [6.07, 6.45) is -1.78. The molecule has 0 radical (unpaired) electrons. The average molecular weight is 294 g/mol. The number of aliphatic hydroxyl groups excluding tert-OH is 1. The van der Waals surface area contributed by atoms with Crippen molar-refractivity contribution in [1.82, 2.24) is 5.32 Å². The Hall–Kier alpha value is -2.13. The second-order valence-corrected chi connectivity index (χ2v) is 5.73. The average Bonchev–Trinajstić information content (AvgIpc) is 2.35. The molecule has 0 heterocycles. The molecule has 1 rings (SSSR count). The van der Waals surface area contributed by atoms with Gasteiger partial charge in [-0.25, -0.2) is 9.18 Å². The number of carbonyl (C=O) groups excluding carboxylic acids is 1. The fraction of sp³-hybridized carbons (Fsp3) is 0.467. The summed E-state index contributed by atoms with van der Waals surface area (Å²) in [6.45, 7) is 6.75. The van der Waals surface area contributed by atoms with E-state index in [-0.39, 0.29) is 11.1 Å². The van der Waals surface area contributed by atoms with Crippen LogP contribution in [-0.4, -0.2) is 22.8 Å². The summed E-state index contributed by atoms with van der Waals surface area (Å²) in [5.41, 5.74) is -0.469. The van der Waals surface area contributed by atoms with Crippen molar-refractivity contribution in [2.75, 3.05) is 0 Å². The van der Waals surface area contributed by atoms with Gasteiger partial charge in [0.1, 0.15) is 17.5 Å². The molecule has 1 unspecified atom stereocenters. The number of amides is 1. The Labute approximate surface area is 123 Å². The van der Waals surface area contributed by atoms with Crippen molar-refractivity contribution in [3.8, 4) is 6.07 Å². The van der Waals surface area contributed by atoms with Gasteiger partial charge in [0.15, 0.2) is 0 Å². The molecule has 1 aromatic rings. The third kappa shape index (κ3) is 5.04.